The lowest BCUT2D eigenvalue weighted by Crippen LogP contribution is -2.34. The van der Waals surface area contributed by atoms with E-state index in [1.54, 1.807) is 6.07 Å². The first-order valence-corrected chi connectivity index (χ1v) is 5.50. The molecule has 0 radical (unpaired) electrons. The molecular weight excluding hydrogens is 234 g/mol. The molecule has 1 rings (SSSR count). The van der Waals surface area contributed by atoms with Gasteiger partial charge in [-0.1, -0.05) is 13.8 Å². The fraction of sp³-hybridized carbons (Fsp3) is 0.455. The maximum atomic E-state index is 10.9. The normalized spacial score (nSPS) is 11.9. The van der Waals surface area contributed by atoms with Crippen LogP contribution in [-0.2, 0) is 0 Å². The Morgan fingerprint density at radius 2 is 2.33 bits per heavy atom. The molecule has 0 bridgehead atoms. The average Bonchev–Trinajstić information content (AvgIpc) is 2.34. The first-order chi connectivity index (χ1) is 8.47. The third kappa shape index (κ3) is 3.15. The van der Waals surface area contributed by atoms with Crippen molar-refractivity contribution in [1.82, 2.24) is 4.98 Å². The summed E-state index contributed by atoms with van der Waals surface area (Å²) >= 11 is 0. The number of hydrogen-bond acceptors (Lipinski definition) is 6. The van der Waals surface area contributed by atoms with Gasteiger partial charge in [0, 0.05) is 18.8 Å². The van der Waals surface area contributed by atoms with Gasteiger partial charge in [-0.15, -0.1) is 0 Å². The van der Waals surface area contributed by atoms with Crippen molar-refractivity contribution in [1.29, 1.82) is 5.26 Å². The van der Waals surface area contributed by atoms with Gasteiger partial charge < -0.3 is 11.1 Å². The number of nitrogens with zero attached hydrogens (tertiary/aromatic N) is 3. The highest BCUT2D eigenvalue weighted by Crippen LogP contribution is 2.25. The fourth-order valence-electron chi connectivity index (χ4n) is 1.31. The van der Waals surface area contributed by atoms with Crippen LogP contribution in [0.4, 0.5) is 11.5 Å². The minimum absolute atomic E-state index is 0.0179. The zero-order valence-electron chi connectivity index (χ0n) is 10.3. The van der Waals surface area contributed by atoms with E-state index in [1.165, 1.54) is 12.3 Å². The molecular formula is C11H15N5O2. The lowest BCUT2D eigenvalue weighted by Gasteiger charge is -2.16. The third-order valence-electron chi connectivity index (χ3n) is 2.59. The van der Waals surface area contributed by atoms with E-state index in [0.29, 0.717) is 6.54 Å². The number of nitrogens with two attached hydrogens (primary N) is 1. The first-order valence-electron chi connectivity index (χ1n) is 5.50. The van der Waals surface area contributed by atoms with Crippen LogP contribution in [0, 0.1) is 27.4 Å². The van der Waals surface area contributed by atoms with Gasteiger partial charge in [-0.3, -0.25) is 10.1 Å². The van der Waals surface area contributed by atoms with Crippen LogP contribution in [0.3, 0.4) is 0 Å². The van der Waals surface area contributed by atoms with Crippen molar-refractivity contribution >= 4 is 11.5 Å². The van der Waals surface area contributed by atoms with Crippen LogP contribution in [0.2, 0.25) is 0 Å². The Morgan fingerprint density at radius 3 is 2.83 bits per heavy atom. The highest BCUT2D eigenvalue weighted by atomic mass is 16.6. The number of nitriles is 1. The fourth-order valence-corrected chi connectivity index (χ4v) is 1.31. The topological polar surface area (TPSA) is 118 Å². The number of aromatic nitrogens is 1. The summed E-state index contributed by atoms with van der Waals surface area (Å²) in [6, 6.07) is 2.94. The van der Waals surface area contributed by atoms with Gasteiger partial charge in [0.2, 0.25) is 5.82 Å². The van der Waals surface area contributed by atoms with E-state index in [9.17, 15) is 10.1 Å². The van der Waals surface area contributed by atoms with Gasteiger partial charge >= 0.3 is 5.69 Å². The zero-order valence-corrected chi connectivity index (χ0v) is 10.3. The summed E-state index contributed by atoms with van der Waals surface area (Å²) in [6.45, 7) is 4.28. The van der Waals surface area contributed by atoms with Crippen molar-refractivity contribution in [2.75, 3.05) is 11.9 Å². The predicted octanol–water partition coefficient (Wildman–Crippen LogP) is 1.26. The molecule has 0 fully saturated rings. The van der Waals surface area contributed by atoms with E-state index >= 15 is 0 Å². The minimum Gasteiger partial charge on any atom is -0.363 e. The number of nitro groups is 1. The molecule has 1 heterocycles. The van der Waals surface area contributed by atoms with E-state index in [4.69, 9.17) is 11.0 Å². The number of nitrogens with one attached hydrogen (secondary N) is 1. The third-order valence-corrected chi connectivity index (χ3v) is 2.59. The monoisotopic (exact) mass is 249 g/mol. The van der Waals surface area contributed by atoms with Crippen molar-refractivity contribution in [2.45, 2.75) is 19.9 Å². The molecule has 0 aliphatic rings. The maximum absolute atomic E-state index is 10.9. The molecule has 18 heavy (non-hydrogen) atoms. The molecule has 0 amide bonds. The molecule has 1 aromatic heterocycles. The minimum atomic E-state index is -0.616. The van der Waals surface area contributed by atoms with Crippen molar-refractivity contribution in [3.8, 4) is 6.07 Å². The van der Waals surface area contributed by atoms with Gasteiger partial charge in [-0.05, 0) is 12.0 Å². The molecule has 0 saturated heterocycles. The smallest absolute Gasteiger partial charge is 0.328 e. The van der Waals surface area contributed by atoms with Crippen molar-refractivity contribution in [2.24, 2.45) is 11.7 Å². The summed E-state index contributed by atoms with van der Waals surface area (Å²) in [7, 11) is 0. The van der Waals surface area contributed by atoms with Crippen molar-refractivity contribution < 1.29 is 4.92 Å². The second-order valence-electron chi connectivity index (χ2n) is 4.21. The Hall–Kier alpha value is -2.20. The van der Waals surface area contributed by atoms with Crippen LogP contribution < -0.4 is 11.1 Å². The lowest BCUT2D eigenvalue weighted by atomic mass is 10.1. The van der Waals surface area contributed by atoms with E-state index in [0.717, 1.165) is 0 Å². The van der Waals surface area contributed by atoms with Crippen molar-refractivity contribution in [3.63, 3.8) is 0 Å². The first kappa shape index (κ1) is 13.9. The van der Waals surface area contributed by atoms with Crippen LogP contribution in [0.25, 0.3) is 0 Å². The Bertz CT molecular complexity index is 481. The molecule has 7 heteroatoms. The van der Waals surface area contributed by atoms with E-state index in [-0.39, 0.29) is 29.0 Å². The summed E-state index contributed by atoms with van der Waals surface area (Å²) in [5.74, 6) is 0.325. The lowest BCUT2D eigenvalue weighted by molar-refractivity contribution is -0.384. The number of hydrogen-bond donors (Lipinski definition) is 2. The molecule has 0 aliphatic heterocycles. The molecule has 1 atom stereocenters. The Balaban J connectivity index is 2.96. The van der Waals surface area contributed by atoms with Gasteiger partial charge in [0.15, 0.2) is 0 Å². The number of pyridine rings is 1. The van der Waals surface area contributed by atoms with E-state index in [2.05, 4.69) is 10.3 Å². The summed E-state index contributed by atoms with van der Waals surface area (Å²) in [4.78, 5) is 14.2. The number of anilines is 1. The molecule has 0 aromatic carbocycles. The van der Waals surface area contributed by atoms with Crippen LogP contribution >= 0.6 is 0 Å². The molecule has 0 aliphatic carbocycles. The Labute approximate surface area is 105 Å². The van der Waals surface area contributed by atoms with Crippen LogP contribution in [0.5, 0.6) is 0 Å². The predicted molar refractivity (Wildman–Crippen MR) is 66.9 cm³/mol. The highest BCUT2D eigenvalue weighted by molar-refractivity contribution is 5.64. The highest BCUT2D eigenvalue weighted by Gasteiger charge is 2.21. The zero-order chi connectivity index (χ0) is 13.7. The Morgan fingerprint density at radius 1 is 1.67 bits per heavy atom. The molecule has 1 unspecified atom stereocenters. The molecule has 1 aromatic rings. The second-order valence-corrected chi connectivity index (χ2v) is 4.21. The average molecular weight is 249 g/mol. The SMILES string of the molecule is CC(C)C(N)CNc1nccc(C#N)c1[N+](=O)[O-]. The Kier molecular flexibility index (Phi) is 4.57. The molecule has 0 saturated carbocycles. The second kappa shape index (κ2) is 5.93. The summed E-state index contributed by atoms with van der Waals surface area (Å²) in [5, 5.41) is 22.6. The van der Waals surface area contributed by atoms with Crippen LogP contribution in [-0.4, -0.2) is 22.5 Å². The maximum Gasteiger partial charge on any atom is 0.328 e. The van der Waals surface area contributed by atoms with Gasteiger partial charge in [0.25, 0.3) is 0 Å². The summed E-state index contributed by atoms with van der Waals surface area (Å²) < 4.78 is 0. The van der Waals surface area contributed by atoms with Gasteiger partial charge in [0.05, 0.1) is 4.92 Å². The number of rotatable bonds is 5. The standard InChI is InChI=1S/C11H15N5O2/c1-7(2)9(13)6-15-11-10(16(17)18)8(5-12)3-4-14-11/h3-4,7,9H,6,13H2,1-2H3,(H,14,15). The molecule has 7 nitrogen and oxygen atoms in total. The quantitative estimate of drug-likeness (QED) is 0.599. The van der Waals surface area contributed by atoms with Crippen LogP contribution in [0.15, 0.2) is 12.3 Å². The van der Waals surface area contributed by atoms with Crippen LogP contribution in [0.1, 0.15) is 19.4 Å². The molecule has 96 valence electrons. The van der Waals surface area contributed by atoms with E-state index in [1.807, 2.05) is 13.8 Å². The van der Waals surface area contributed by atoms with Gasteiger partial charge in [0.1, 0.15) is 11.6 Å². The van der Waals surface area contributed by atoms with Gasteiger partial charge in [-0.25, -0.2) is 4.98 Å². The molecule has 0 spiro atoms. The van der Waals surface area contributed by atoms with E-state index < -0.39 is 4.92 Å². The largest absolute Gasteiger partial charge is 0.363 e. The summed E-state index contributed by atoms with van der Waals surface area (Å²) in [6.07, 6.45) is 1.36. The summed E-state index contributed by atoms with van der Waals surface area (Å²) in [5.41, 5.74) is 5.51. The molecule has 3 N–H and O–H groups in total. The van der Waals surface area contributed by atoms with Gasteiger partial charge in [-0.2, -0.15) is 5.26 Å². The van der Waals surface area contributed by atoms with Crippen molar-refractivity contribution in [3.05, 3.63) is 27.9 Å².